The van der Waals surface area contributed by atoms with E-state index in [1.54, 1.807) is 24.1 Å². The summed E-state index contributed by atoms with van der Waals surface area (Å²) in [6.45, 7) is 3.96. The van der Waals surface area contributed by atoms with Crippen LogP contribution in [0.1, 0.15) is 20.8 Å². The van der Waals surface area contributed by atoms with Gasteiger partial charge >= 0.3 is 0 Å². The molecule has 1 aliphatic rings. The van der Waals surface area contributed by atoms with Crippen molar-refractivity contribution in [3.63, 3.8) is 0 Å². The van der Waals surface area contributed by atoms with Gasteiger partial charge in [-0.15, -0.1) is 23.1 Å². The molecule has 2 aromatic rings. The highest BCUT2D eigenvalue weighted by Crippen LogP contribution is 2.23. The quantitative estimate of drug-likeness (QED) is 0.812. The summed E-state index contributed by atoms with van der Waals surface area (Å²) in [5.41, 5.74) is 2.98. The number of benzene rings is 1. The average Bonchev–Trinajstić information content (AvgIpc) is 3.35. The fourth-order valence-corrected chi connectivity index (χ4v) is 4.80. The van der Waals surface area contributed by atoms with Crippen LogP contribution in [0.3, 0.4) is 0 Å². The maximum absolute atomic E-state index is 12.7. The molecule has 8 heteroatoms. The largest absolute Gasteiger partial charge is 0.332 e. The molecule has 1 saturated heterocycles. The fraction of sp³-hybridized carbons (Fsp3) is 0.350. The Kier molecular flexibility index (Phi) is 6.41. The summed E-state index contributed by atoms with van der Waals surface area (Å²) in [5, 5.41) is 4.74. The summed E-state index contributed by atoms with van der Waals surface area (Å²) in [4.78, 5) is 41.4. The maximum Gasteiger partial charge on any atom is 0.264 e. The highest BCUT2D eigenvalue weighted by molar-refractivity contribution is 7.99. The molecular weight excluding hydrogens is 394 g/mol. The van der Waals surface area contributed by atoms with Gasteiger partial charge in [0.25, 0.3) is 5.91 Å². The molecule has 0 radical (unpaired) electrons. The van der Waals surface area contributed by atoms with E-state index in [1.165, 1.54) is 28.0 Å². The van der Waals surface area contributed by atoms with Crippen LogP contribution in [-0.4, -0.2) is 58.8 Å². The molecule has 1 atom stereocenters. The van der Waals surface area contributed by atoms with E-state index in [1.807, 2.05) is 37.4 Å². The zero-order valence-corrected chi connectivity index (χ0v) is 17.7. The Hall–Kier alpha value is -2.32. The number of rotatable bonds is 5. The van der Waals surface area contributed by atoms with Crippen molar-refractivity contribution >= 4 is 46.5 Å². The molecule has 1 aliphatic heterocycles. The van der Waals surface area contributed by atoms with Gasteiger partial charge in [-0.1, -0.05) is 12.1 Å². The Labute approximate surface area is 172 Å². The number of nitrogens with zero attached hydrogens (tertiary/aromatic N) is 2. The van der Waals surface area contributed by atoms with Crippen LogP contribution in [0.15, 0.2) is 35.7 Å². The third-order valence-electron chi connectivity index (χ3n) is 4.73. The molecule has 6 nitrogen and oxygen atoms in total. The van der Waals surface area contributed by atoms with E-state index >= 15 is 0 Å². The topological polar surface area (TPSA) is 69.7 Å². The van der Waals surface area contributed by atoms with Crippen LogP contribution in [0.25, 0.3) is 0 Å². The van der Waals surface area contributed by atoms with Gasteiger partial charge in [-0.05, 0) is 48.6 Å². The molecule has 2 heterocycles. The first-order chi connectivity index (χ1) is 13.4. The van der Waals surface area contributed by atoms with Crippen LogP contribution < -0.4 is 5.32 Å². The summed E-state index contributed by atoms with van der Waals surface area (Å²) < 4.78 is 0. The van der Waals surface area contributed by atoms with Crippen molar-refractivity contribution in [2.45, 2.75) is 19.9 Å². The Morgan fingerprint density at radius 1 is 1.21 bits per heavy atom. The first kappa shape index (κ1) is 20.4. The van der Waals surface area contributed by atoms with E-state index in [0.29, 0.717) is 16.5 Å². The van der Waals surface area contributed by atoms with E-state index in [4.69, 9.17) is 0 Å². The van der Waals surface area contributed by atoms with Crippen molar-refractivity contribution in [1.29, 1.82) is 0 Å². The average molecular weight is 418 g/mol. The molecule has 1 aromatic heterocycles. The van der Waals surface area contributed by atoms with Crippen LogP contribution in [0.5, 0.6) is 0 Å². The Balaban J connectivity index is 1.62. The molecule has 3 rings (SSSR count). The highest BCUT2D eigenvalue weighted by atomic mass is 32.2. The molecule has 148 valence electrons. The number of thiophene rings is 1. The van der Waals surface area contributed by atoms with Crippen LogP contribution in [-0.2, 0) is 9.59 Å². The van der Waals surface area contributed by atoms with E-state index < -0.39 is 6.04 Å². The van der Waals surface area contributed by atoms with Crippen molar-refractivity contribution in [3.8, 4) is 0 Å². The molecule has 1 fully saturated rings. The Morgan fingerprint density at radius 3 is 2.68 bits per heavy atom. The number of carbonyl (C=O) groups excluding carboxylic acids is 3. The number of hydrogen-bond donors (Lipinski definition) is 1. The number of anilines is 1. The van der Waals surface area contributed by atoms with Crippen LogP contribution in [0, 0.1) is 13.8 Å². The molecule has 0 aliphatic carbocycles. The molecule has 3 amide bonds. The van der Waals surface area contributed by atoms with Gasteiger partial charge in [0.1, 0.15) is 6.04 Å². The number of aryl methyl sites for hydroxylation is 2. The lowest BCUT2D eigenvalue weighted by Gasteiger charge is -2.25. The predicted molar refractivity (Wildman–Crippen MR) is 114 cm³/mol. The third-order valence-corrected chi connectivity index (χ3v) is 6.60. The number of likely N-dealkylation sites (N-methyl/N-ethyl adjacent to an activating group) is 1. The van der Waals surface area contributed by atoms with Crippen molar-refractivity contribution < 1.29 is 14.4 Å². The Morgan fingerprint density at radius 2 is 2.00 bits per heavy atom. The first-order valence-electron chi connectivity index (χ1n) is 8.91. The highest BCUT2D eigenvalue weighted by Gasteiger charge is 2.35. The van der Waals surface area contributed by atoms with Gasteiger partial charge in [0.2, 0.25) is 11.8 Å². The minimum absolute atomic E-state index is 0.0509. The number of amides is 3. The van der Waals surface area contributed by atoms with E-state index in [0.717, 1.165) is 16.8 Å². The van der Waals surface area contributed by atoms with Gasteiger partial charge < -0.3 is 15.1 Å². The third kappa shape index (κ3) is 4.56. The standard InChI is InChI=1S/C20H23N3O3S2/c1-13-6-7-15(9-14(13)2)21-19(25)16-11-27-12-23(16)18(24)10-22(3)20(26)17-5-4-8-28-17/h4-9,16H,10-12H2,1-3H3,(H,21,25). The fourth-order valence-electron chi connectivity index (χ4n) is 2.90. The van der Waals surface area contributed by atoms with Crippen LogP contribution in [0.4, 0.5) is 5.69 Å². The van der Waals surface area contributed by atoms with Gasteiger partial charge in [-0.3, -0.25) is 14.4 Å². The minimum atomic E-state index is -0.538. The lowest BCUT2D eigenvalue weighted by Crippen LogP contribution is -2.48. The van der Waals surface area contributed by atoms with Gasteiger partial charge in [0.05, 0.1) is 17.3 Å². The van der Waals surface area contributed by atoms with Crippen molar-refractivity contribution in [1.82, 2.24) is 9.80 Å². The molecule has 1 N–H and O–H groups in total. The summed E-state index contributed by atoms with van der Waals surface area (Å²) in [6, 6.07) is 8.75. The van der Waals surface area contributed by atoms with Gasteiger partial charge in [0, 0.05) is 18.5 Å². The van der Waals surface area contributed by atoms with Crippen molar-refractivity contribution in [2.75, 3.05) is 30.5 Å². The molecule has 0 saturated carbocycles. The van der Waals surface area contributed by atoms with E-state index in [9.17, 15) is 14.4 Å². The first-order valence-corrected chi connectivity index (χ1v) is 10.9. The molecule has 0 bridgehead atoms. The zero-order valence-electron chi connectivity index (χ0n) is 16.1. The summed E-state index contributed by atoms with van der Waals surface area (Å²) in [7, 11) is 1.60. The lowest BCUT2D eigenvalue weighted by atomic mass is 10.1. The molecule has 1 unspecified atom stereocenters. The SMILES string of the molecule is Cc1ccc(NC(=O)C2CSCN2C(=O)CN(C)C(=O)c2cccs2)cc1C. The smallest absolute Gasteiger partial charge is 0.264 e. The molecule has 0 spiro atoms. The van der Waals surface area contributed by atoms with Gasteiger partial charge in [0.15, 0.2) is 0 Å². The molecular formula is C20H23N3O3S2. The number of nitrogens with one attached hydrogen (secondary N) is 1. The van der Waals surface area contributed by atoms with Crippen LogP contribution >= 0.6 is 23.1 Å². The summed E-state index contributed by atoms with van der Waals surface area (Å²) in [6.07, 6.45) is 0. The van der Waals surface area contributed by atoms with Crippen LogP contribution in [0.2, 0.25) is 0 Å². The number of thioether (sulfide) groups is 1. The van der Waals surface area contributed by atoms with Crippen molar-refractivity contribution in [2.24, 2.45) is 0 Å². The maximum atomic E-state index is 12.7. The molecule has 1 aromatic carbocycles. The zero-order chi connectivity index (χ0) is 20.3. The number of hydrogen-bond acceptors (Lipinski definition) is 5. The summed E-state index contributed by atoms with van der Waals surface area (Å²) in [5.74, 6) is 0.383. The van der Waals surface area contributed by atoms with Gasteiger partial charge in [-0.25, -0.2) is 0 Å². The van der Waals surface area contributed by atoms with Gasteiger partial charge in [-0.2, -0.15) is 0 Å². The van der Waals surface area contributed by atoms with E-state index in [-0.39, 0.29) is 24.3 Å². The second kappa shape index (κ2) is 8.79. The Bertz CT molecular complexity index is 883. The molecule has 28 heavy (non-hydrogen) atoms. The lowest BCUT2D eigenvalue weighted by molar-refractivity contribution is -0.136. The second-order valence-corrected chi connectivity index (χ2v) is 8.75. The monoisotopic (exact) mass is 417 g/mol. The van der Waals surface area contributed by atoms with E-state index in [2.05, 4.69) is 5.32 Å². The minimum Gasteiger partial charge on any atom is -0.332 e. The normalized spacial score (nSPS) is 16.1. The predicted octanol–water partition coefficient (Wildman–Crippen LogP) is 2.98. The second-order valence-electron chi connectivity index (χ2n) is 6.81. The number of carbonyl (C=O) groups is 3. The van der Waals surface area contributed by atoms with Crippen molar-refractivity contribution in [3.05, 3.63) is 51.7 Å². The summed E-state index contributed by atoms with van der Waals surface area (Å²) >= 11 is 2.88.